The quantitative estimate of drug-likeness (QED) is 0.372. The number of carbonyl (C=O) groups is 1. The van der Waals surface area contributed by atoms with Gasteiger partial charge in [0.2, 0.25) is 0 Å². The van der Waals surface area contributed by atoms with Crippen molar-refractivity contribution in [2.75, 3.05) is 5.32 Å². The molecule has 7 heteroatoms. The van der Waals surface area contributed by atoms with E-state index in [1.165, 1.54) is 25.2 Å². The molecule has 7 nitrogen and oxygen atoms in total. The second-order valence-electron chi connectivity index (χ2n) is 7.79. The van der Waals surface area contributed by atoms with Crippen molar-refractivity contribution in [2.45, 2.75) is 25.2 Å². The van der Waals surface area contributed by atoms with E-state index in [-0.39, 0.29) is 5.91 Å². The van der Waals surface area contributed by atoms with Crippen LogP contribution < -0.4 is 10.0 Å². The van der Waals surface area contributed by atoms with Gasteiger partial charge in [-0.25, -0.2) is 4.98 Å². The molecule has 2 aromatic heterocycles. The number of carbonyl (C=O) groups excluding carboxylic acids is 1. The fourth-order valence-electron chi connectivity index (χ4n) is 3.47. The number of nitrogens with zero attached hydrogens (tertiary/aromatic N) is 3. The highest BCUT2D eigenvalue weighted by molar-refractivity contribution is 6.04. The first-order chi connectivity index (χ1) is 15.1. The molecular weight excluding hydrogens is 390 g/mol. The van der Waals surface area contributed by atoms with Crippen molar-refractivity contribution in [3.63, 3.8) is 0 Å². The van der Waals surface area contributed by atoms with Crippen LogP contribution in [0.25, 0.3) is 11.4 Å². The normalized spacial score (nSPS) is 13.2. The van der Waals surface area contributed by atoms with Crippen LogP contribution in [0.3, 0.4) is 0 Å². The Morgan fingerprint density at radius 1 is 1.06 bits per heavy atom. The SMILES string of the molecule is O=C(Nc1ccc(-c2n[nH]c(C3CC3)n2)cc1)c1cccc(Cc2cc[n+]([O-])cc2)c1. The summed E-state index contributed by atoms with van der Waals surface area (Å²) >= 11 is 0. The molecule has 0 saturated heterocycles. The van der Waals surface area contributed by atoms with Gasteiger partial charge >= 0.3 is 0 Å². The molecule has 0 atom stereocenters. The average molecular weight is 411 g/mol. The summed E-state index contributed by atoms with van der Waals surface area (Å²) in [5.41, 5.74) is 4.21. The first kappa shape index (κ1) is 19.0. The predicted octanol–water partition coefficient (Wildman–Crippen LogP) is 3.83. The number of nitrogens with one attached hydrogen (secondary N) is 2. The van der Waals surface area contributed by atoms with Crippen molar-refractivity contribution in [1.82, 2.24) is 15.2 Å². The lowest BCUT2D eigenvalue weighted by Crippen LogP contribution is -2.23. The van der Waals surface area contributed by atoms with Crippen molar-refractivity contribution in [1.29, 1.82) is 0 Å². The van der Waals surface area contributed by atoms with E-state index in [0.717, 1.165) is 27.2 Å². The molecule has 0 radical (unpaired) electrons. The molecular formula is C24H21N5O2. The largest absolute Gasteiger partial charge is 0.619 e. The van der Waals surface area contributed by atoms with E-state index in [1.54, 1.807) is 18.2 Å². The van der Waals surface area contributed by atoms with Gasteiger partial charge in [0, 0.05) is 34.9 Å². The summed E-state index contributed by atoms with van der Waals surface area (Å²) in [6.45, 7) is 0. The summed E-state index contributed by atoms with van der Waals surface area (Å²) in [7, 11) is 0. The van der Waals surface area contributed by atoms with Gasteiger partial charge in [-0.1, -0.05) is 12.1 Å². The first-order valence-electron chi connectivity index (χ1n) is 10.2. The van der Waals surface area contributed by atoms with Crippen molar-refractivity contribution in [2.24, 2.45) is 0 Å². The van der Waals surface area contributed by atoms with Crippen LogP contribution in [0.1, 0.15) is 46.1 Å². The third-order valence-corrected chi connectivity index (χ3v) is 5.34. The highest BCUT2D eigenvalue weighted by Gasteiger charge is 2.27. The number of rotatable bonds is 6. The van der Waals surface area contributed by atoms with E-state index in [0.29, 0.717) is 29.4 Å². The summed E-state index contributed by atoms with van der Waals surface area (Å²) < 4.78 is 0.757. The third kappa shape index (κ3) is 4.45. The molecule has 0 unspecified atom stereocenters. The van der Waals surface area contributed by atoms with Crippen LogP contribution in [0.4, 0.5) is 5.69 Å². The van der Waals surface area contributed by atoms with Gasteiger partial charge in [0.15, 0.2) is 18.2 Å². The van der Waals surface area contributed by atoms with E-state index in [2.05, 4.69) is 20.5 Å². The molecule has 2 heterocycles. The van der Waals surface area contributed by atoms with Gasteiger partial charge in [-0.2, -0.15) is 9.83 Å². The van der Waals surface area contributed by atoms with Gasteiger partial charge in [0.05, 0.1) is 0 Å². The molecule has 154 valence electrons. The molecule has 1 fully saturated rings. The van der Waals surface area contributed by atoms with Crippen molar-refractivity contribution < 1.29 is 9.52 Å². The molecule has 0 spiro atoms. The Labute approximate surface area is 179 Å². The zero-order chi connectivity index (χ0) is 21.2. The molecule has 2 aromatic carbocycles. The number of aromatic amines is 1. The molecule has 1 aliphatic carbocycles. The number of aromatic nitrogens is 4. The summed E-state index contributed by atoms with van der Waals surface area (Å²) in [4.78, 5) is 17.3. The highest BCUT2D eigenvalue weighted by Crippen LogP contribution is 2.38. The van der Waals surface area contributed by atoms with Crippen LogP contribution >= 0.6 is 0 Å². The zero-order valence-electron chi connectivity index (χ0n) is 16.8. The summed E-state index contributed by atoms with van der Waals surface area (Å²) in [5.74, 6) is 1.99. The number of hydrogen-bond acceptors (Lipinski definition) is 4. The Kier molecular flexibility index (Phi) is 4.92. The number of H-pyrrole nitrogens is 1. The molecule has 0 aliphatic heterocycles. The van der Waals surface area contributed by atoms with E-state index in [9.17, 15) is 10.0 Å². The maximum absolute atomic E-state index is 12.7. The van der Waals surface area contributed by atoms with E-state index in [4.69, 9.17) is 0 Å². The minimum atomic E-state index is -0.172. The van der Waals surface area contributed by atoms with Gasteiger partial charge in [0.25, 0.3) is 5.91 Å². The molecule has 1 saturated carbocycles. The zero-order valence-corrected chi connectivity index (χ0v) is 16.8. The number of benzene rings is 2. The molecule has 31 heavy (non-hydrogen) atoms. The highest BCUT2D eigenvalue weighted by atomic mass is 16.5. The third-order valence-electron chi connectivity index (χ3n) is 5.34. The Hall–Kier alpha value is -4.00. The Morgan fingerprint density at radius 2 is 1.84 bits per heavy atom. The summed E-state index contributed by atoms with van der Waals surface area (Å²) in [6.07, 6.45) is 5.94. The predicted molar refractivity (Wildman–Crippen MR) is 116 cm³/mol. The standard InChI is InChI=1S/C24H21N5O2/c30-24(20-3-1-2-17(15-20)14-16-10-12-29(31)13-11-16)25-21-8-6-19(7-9-21)23-26-22(27-28-23)18-4-5-18/h1-3,6-13,15,18H,4-5,14H2,(H,25,30)(H,26,27,28). The van der Waals surface area contributed by atoms with Crippen LogP contribution in [0.5, 0.6) is 0 Å². The van der Waals surface area contributed by atoms with Crippen LogP contribution in [-0.2, 0) is 6.42 Å². The minimum absolute atomic E-state index is 0.172. The smallest absolute Gasteiger partial charge is 0.255 e. The van der Waals surface area contributed by atoms with Crippen molar-refractivity contribution >= 4 is 11.6 Å². The lowest BCUT2D eigenvalue weighted by Gasteiger charge is -2.08. The lowest BCUT2D eigenvalue weighted by atomic mass is 10.0. The Balaban J connectivity index is 1.25. The maximum atomic E-state index is 12.7. The fraction of sp³-hybridized carbons (Fsp3) is 0.167. The molecule has 1 aliphatic rings. The number of hydrogen-bond donors (Lipinski definition) is 2. The second-order valence-corrected chi connectivity index (χ2v) is 7.79. The fourth-order valence-corrected chi connectivity index (χ4v) is 3.47. The summed E-state index contributed by atoms with van der Waals surface area (Å²) in [6, 6.07) is 18.6. The van der Waals surface area contributed by atoms with Crippen molar-refractivity contribution in [3.8, 4) is 11.4 Å². The van der Waals surface area contributed by atoms with Crippen LogP contribution in [0.15, 0.2) is 73.1 Å². The van der Waals surface area contributed by atoms with Crippen LogP contribution in [0.2, 0.25) is 0 Å². The topological polar surface area (TPSA) is 97.6 Å². The van der Waals surface area contributed by atoms with Gasteiger partial charge in [-0.3, -0.25) is 9.89 Å². The maximum Gasteiger partial charge on any atom is 0.255 e. The summed E-state index contributed by atoms with van der Waals surface area (Å²) in [5, 5.41) is 21.4. The number of anilines is 1. The number of pyridine rings is 1. The van der Waals surface area contributed by atoms with Crippen molar-refractivity contribution in [3.05, 3.63) is 101 Å². The molecule has 4 aromatic rings. The van der Waals surface area contributed by atoms with Gasteiger partial charge in [-0.05, 0) is 66.8 Å². The van der Waals surface area contributed by atoms with E-state index < -0.39 is 0 Å². The Morgan fingerprint density at radius 3 is 2.58 bits per heavy atom. The second kappa shape index (κ2) is 8.02. The van der Waals surface area contributed by atoms with E-state index in [1.807, 2.05) is 42.5 Å². The van der Waals surface area contributed by atoms with Crippen LogP contribution in [-0.4, -0.2) is 21.1 Å². The van der Waals surface area contributed by atoms with Gasteiger partial charge in [0.1, 0.15) is 5.82 Å². The average Bonchev–Trinajstić information content (AvgIpc) is 3.53. The van der Waals surface area contributed by atoms with Gasteiger partial charge < -0.3 is 10.5 Å². The Bertz CT molecular complexity index is 1210. The number of amides is 1. The van der Waals surface area contributed by atoms with Crippen LogP contribution in [0, 0.1) is 5.21 Å². The lowest BCUT2D eigenvalue weighted by molar-refractivity contribution is -0.605. The molecule has 5 rings (SSSR count). The molecule has 1 amide bonds. The van der Waals surface area contributed by atoms with E-state index >= 15 is 0 Å². The van der Waals surface area contributed by atoms with Gasteiger partial charge in [-0.15, -0.1) is 0 Å². The minimum Gasteiger partial charge on any atom is -0.619 e. The first-order valence-corrected chi connectivity index (χ1v) is 10.2. The molecule has 0 bridgehead atoms. The monoisotopic (exact) mass is 411 g/mol. The molecule has 2 N–H and O–H groups in total.